The van der Waals surface area contributed by atoms with Crippen molar-refractivity contribution < 1.29 is 79.0 Å². The Balaban J connectivity index is 0.000000440. The van der Waals surface area contributed by atoms with Crippen molar-refractivity contribution in [2.24, 2.45) is 0 Å². The zero-order valence-electron chi connectivity index (χ0n) is 22.0. The molecule has 0 radical (unpaired) electrons. The third-order valence-electron chi connectivity index (χ3n) is 5.02. The lowest BCUT2D eigenvalue weighted by Gasteiger charge is -2.17. The molecule has 8 nitrogen and oxygen atoms in total. The van der Waals surface area contributed by atoms with Gasteiger partial charge in [-0.1, -0.05) is 66.4 Å². The third-order valence-corrected chi connectivity index (χ3v) is 10.9. The van der Waals surface area contributed by atoms with E-state index in [0.717, 1.165) is 0 Å². The molecule has 0 saturated heterocycles. The number of halogens is 3. The Morgan fingerprint density at radius 3 is 1.09 bits per heavy atom. The summed E-state index contributed by atoms with van der Waals surface area (Å²) in [7, 11) is -9.99. The summed E-state index contributed by atoms with van der Waals surface area (Å²) in [6.45, 7) is 0. The monoisotopic (exact) mass is 772 g/mol. The van der Waals surface area contributed by atoms with E-state index in [-0.39, 0.29) is 32.1 Å². The van der Waals surface area contributed by atoms with E-state index in [9.17, 15) is 0 Å². The van der Waals surface area contributed by atoms with Crippen LogP contribution in [-0.2, 0) is 10.9 Å². The van der Waals surface area contributed by atoms with Crippen LogP contribution in [0.25, 0.3) is 0 Å². The lowest BCUT2D eigenvalue weighted by atomic mass is 10.3. The summed E-state index contributed by atoms with van der Waals surface area (Å²) >= 11 is 1.72. The second-order valence-corrected chi connectivity index (χ2v) is 15.8. The van der Waals surface area contributed by atoms with Crippen LogP contribution in [0.1, 0.15) is 0 Å². The fourth-order valence-electron chi connectivity index (χ4n) is 3.47. The predicted molar refractivity (Wildman–Crippen MR) is 136 cm³/mol. The van der Waals surface area contributed by atoms with Crippen LogP contribution in [0.2, 0.25) is 0 Å². The quantitative estimate of drug-likeness (QED) is 0.116. The lowest BCUT2D eigenvalue weighted by Crippen LogP contribution is -3.61. The third kappa shape index (κ3) is 14.9. The first kappa shape index (κ1) is 35.3. The Kier molecular flexibility index (Phi) is 14.2. The minimum atomic E-state index is -4.94. The Morgan fingerprint density at radius 2 is 0.698 bits per heavy atom. The summed E-state index contributed by atoms with van der Waals surface area (Å²) in [5.41, 5.74) is 0. The normalized spacial score (nSPS) is 11.2. The summed E-state index contributed by atoms with van der Waals surface area (Å²) in [5, 5.41) is 0. The van der Waals surface area contributed by atoms with E-state index in [1.165, 1.54) is 31.6 Å². The maximum absolute atomic E-state index is 8.49. The molecule has 5 aromatic rings. The van der Waals surface area contributed by atoms with Gasteiger partial charge in [-0.3, -0.25) is 0 Å². The van der Waals surface area contributed by atoms with Crippen molar-refractivity contribution in [3.05, 3.63) is 147 Å². The maximum Gasteiger partial charge on any atom is 0.357 e. The van der Waals surface area contributed by atoms with Crippen LogP contribution in [0.3, 0.4) is 0 Å². The van der Waals surface area contributed by atoms with Crippen LogP contribution in [0.15, 0.2) is 164 Å². The molecule has 0 unspecified atom stereocenters. The number of hydrogen-bond donors (Lipinski definition) is 0. The van der Waals surface area contributed by atoms with E-state index in [1.807, 2.05) is 11.8 Å². The summed E-state index contributed by atoms with van der Waals surface area (Å²) in [6.07, 6.45) is 0. The Morgan fingerprint density at radius 1 is 0.395 bits per heavy atom. The van der Waals surface area contributed by atoms with Gasteiger partial charge in [-0.25, -0.2) is 37.3 Å². The van der Waals surface area contributed by atoms with Gasteiger partial charge in [0, 0.05) is 9.79 Å². The Bertz CT molecular complexity index is 1430. The molecule has 43 heavy (non-hydrogen) atoms. The summed E-state index contributed by atoms with van der Waals surface area (Å²) in [6, 6.07) is 50.6. The molecule has 13 heteroatoms. The van der Waals surface area contributed by atoms with Crippen LogP contribution in [0, 0.1) is 27.6 Å². The molecule has 0 aromatic heterocycles. The largest absolute Gasteiger partial charge is 0.357 e. The van der Waals surface area contributed by atoms with Crippen LogP contribution < -0.4 is 58.5 Å². The Labute approximate surface area is 271 Å². The van der Waals surface area contributed by atoms with Gasteiger partial charge in [0.1, 0.15) is 0 Å². The van der Waals surface area contributed by atoms with Gasteiger partial charge >= 0.3 is 21.2 Å². The van der Waals surface area contributed by atoms with E-state index in [1.54, 1.807) is 0 Å². The van der Waals surface area contributed by atoms with Gasteiger partial charge in [-0.05, 0) is 84.9 Å². The van der Waals surface area contributed by atoms with Crippen LogP contribution in [0.4, 0.5) is 0 Å². The predicted octanol–water partition coefficient (Wildman–Crippen LogP) is -4.45. The fourth-order valence-corrected chi connectivity index (χ4v) is 8.58. The second-order valence-electron chi connectivity index (χ2n) is 8.11. The van der Waals surface area contributed by atoms with Gasteiger partial charge in [0.2, 0.25) is 0 Å². The van der Waals surface area contributed by atoms with E-state index >= 15 is 0 Å². The summed E-state index contributed by atoms with van der Waals surface area (Å²) in [4.78, 5) is 6.60. The molecule has 5 aromatic carbocycles. The van der Waals surface area contributed by atoms with Crippen molar-refractivity contribution in [2.45, 2.75) is 24.5 Å². The maximum atomic E-state index is 8.49. The average molecular weight is 773 g/mol. The molecule has 0 amide bonds. The SMILES string of the molecule is [O-][Cl+3]([O-])([O-])[O-].[O-][Cl+3]([O-])([O-])[O-].c1ccc([I+]c2ccc(Sc3ccc([S+](c4ccccc4)c4ccccc4)cc3)cc2)cc1. The van der Waals surface area contributed by atoms with Gasteiger partial charge in [0.25, 0.3) is 0 Å². The molecule has 224 valence electrons. The number of hydrogen-bond acceptors (Lipinski definition) is 9. The van der Waals surface area contributed by atoms with E-state index in [2.05, 4.69) is 140 Å². The molecule has 0 N–H and O–H groups in total. The Hall–Kier alpha value is -2.21. The molecule has 0 fully saturated rings. The first-order valence-electron chi connectivity index (χ1n) is 12.0. The lowest BCUT2D eigenvalue weighted by molar-refractivity contribution is -2.00. The van der Waals surface area contributed by atoms with E-state index < -0.39 is 20.5 Å². The average Bonchev–Trinajstić information content (AvgIpc) is 2.95. The standard InChI is InChI=1S/C30H23IS2.2ClHO4/c1-4-10-24(11-5-1)31-25-16-18-26(19-17-25)32-27-20-22-30(23-21-27)33(28-12-6-2-7-13-28)29-14-8-3-9-15-29;2*2-1(3,4)5/h1-23H;2*(H,2,3,4,5)/q+2;;/p-2. The molecule has 0 bridgehead atoms. The van der Waals surface area contributed by atoms with E-state index in [4.69, 9.17) is 37.3 Å². The number of benzene rings is 5. The van der Waals surface area contributed by atoms with Crippen molar-refractivity contribution in [3.8, 4) is 0 Å². The van der Waals surface area contributed by atoms with Gasteiger partial charge in [0.05, 0.1) is 10.9 Å². The van der Waals surface area contributed by atoms with Gasteiger partial charge in [0.15, 0.2) is 21.8 Å². The second kappa shape index (κ2) is 17.3. The highest BCUT2D eigenvalue weighted by Crippen LogP contribution is 2.33. The molecule has 0 spiro atoms. The first-order chi connectivity index (χ1) is 20.3. The van der Waals surface area contributed by atoms with Crippen molar-refractivity contribution in [1.82, 2.24) is 0 Å². The molecular formula is C30H23Cl2IO8S2. The van der Waals surface area contributed by atoms with Crippen molar-refractivity contribution in [1.29, 1.82) is 0 Å². The molecule has 0 aliphatic heterocycles. The van der Waals surface area contributed by atoms with Gasteiger partial charge in [-0.15, -0.1) is 20.5 Å². The topological polar surface area (TPSA) is 184 Å². The highest BCUT2D eigenvalue weighted by atomic mass is 127. The molecule has 5 rings (SSSR count). The summed E-state index contributed by atoms with van der Waals surface area (Å²) < 4.78 is 70.9. The van der Waals surface area contributed by atoms with Crippen molar-refractivity contribution in [3.63, 3.8) is 0 Å². The van der Waals surface area contributed by atoms with Crippen molar-refractivity contribution in [2.75, 3.05) is 0 Å². The zero-order chi connectivity index (χ0) is 31.3. The van der Waals surface area contributed by atoms with Gasteiger partial charge in [-0.2, -0.15) is 0 Å². The minimum Gasteiger partial charge on any atom is -0.222 e. The van der Waals surface area contributed by atoms with Crippen LogP contribution >= 0.6 is 11.8 Å². The molecule has 0 aliphatic rings. The van der Waals surface area contributed by atoms with Crippen LogP contribution in [0.5, 0.6) is 0 Å². The molecule has 0 saturated carbocycles. The zero-order valence-corrected chi connectivity index (χ0v) is 27.3. The minimum absolute atomic E-state index is 0.0976. The van der Waals surface area contributed by atoms with Crippen molar-refractivity contribution >= 4 is 22.7 Å². The summed E-state index contributed by atoms with van der Waals surface area (Å²) in [5.74, 6) is 0. The highest BCUT2D eigenvalue weighted by Gasteiger charge is 2.28. The van der Waals surface area contributed by atoms with Gasteiger partial charge < -0.3 is 0 Å². The smallest absolute Gasteiger partial charge is 0.222 e. The number of rotatable bonds is 7. The molecule has 0 aliphatic carbocycles. The molecule has 0 heterocycles. The van der Waals surface area contributed by atoms with Crippen LogP contribution in [-0.4, -0.2) is 0 Å². The highest BCUT2D eigenvalue weighted by molar-refractivity contribution is 7.99. The first-order valence-corrected chi connectivity index (χ1v) is 18.7. The van der Waals surface area contributed by atoms with E-state index in [0.29, 0.717) is 0 Å². The molecule has 0 atom stereocenters. The molecular weight excluding hydrogens is 750 g/mol. The fraction of sp³-hybridized carbons (Fsp3) is 0.